The van der Waals surface area contributed by atoms with Gasteiger partial charge in [-0.15, -0.1) is 0 Å². The van der Waals surface area contributed by atoms with Gasteiger partial charge in [-0.2, -0.15) is 0 Å². The molecule has 0 aromatic heterocycles. The predicted molar refractivity (Wildman–Crippen MR) is 71.7 cm³/mol. The Morgan fingerprint density at radius 1 is 1.16 bits per heavy atom. The Morgan fingerprint density at radius 2 is 1.89 bits per heavy atom. The molecule has 2 aromatic rings. The van der Waals surface area contributed by atoms with Gasteiger partial charge in [-0.25, -0.2) is 4.79 Å². The van der Waals surface area contributed by atoms with E-state index < -0.39 is 12.2 Å². The summed E-state index contributed by atoms with van der Waals surface area (Å²) in [7, 11) is 0. The lowest BCUT2D eigenvalue weighted by Gasteiger charge is -2.17. The molecule has 98 valence electrons. The number of benzene rings is 2. The van der Waals surface area contributed by atoms with E-state index in [1.807, 2.05) is 36.4 Å². The van der Waals surface area contributed by atoms with E-state index in [0.29, 0.717) is 6.42 Å². The lowest BCUT2D eigenvalue weighted by atomic mass is 10.0. The van der Waals surface area contributed by atoms with Crippen molar-refractivity contribution in [1.82, 2.24) is 0 Å². The minimum absolute atomic E-state index is 0.184. The summed E-state index contributed by atoms with van der Waals surface area (Å²) in [6.07, 6.45) is -0.809. The average molecular weight is 257 g/mol. The number of hydrogen-bond donors (Lipinski definition) is 2. The van der Waals surface area contributed by atoms with Crippen LogP contribution in [0.2, 0.25) is 0 Å². The van der Waals surface area contributed by atoms with Gasteiger partial charge >= 0.3 is 6.09 Å². The largest absolute Gasteiger partial charge is 0.508 e. The molecule has 1 atom stereocenters. The number of ether oxygens (including phenoxy) is 1. The minimum atomic E-state index is -0.811. The summed E-state index contributed by atoms with van der Waals surface area (Å²) < 4.78 is 5.14. The molecule has 0 aliphatic heterocycles. The highest BCUT2D eigenvalue weighted by molar-refractivity contribution is 5.65. The molecule has 4 heteroatoms. The smallest absolute Gasteiger partial charge is 0.405 e. The maximum absolute atomic E-state index is 11.0. The van der Waals surface area contributed by atoms with Crippen LogP contribution in [0.25, 0.3) is 0 Å². The summed E-state index contributed by atoms with van der Waals surface area (Å²) in [6, 6.07) is 16.2. The van der Waals surface area contributed by atoms with Crippen LogP contribution in [0.15, 0.2) is 54.6 Å². The molecule has 19 heavy (non-hydrogen) atoms. The van der Waals surface area contributed by atoms with E-state index in [4.69, 9.17) is 10.5 Å². The molecule has 0 spiro atoms. The minimum Gasteiger partial charge on any atom is -0.508 e. The fourth-order valence-corrected chi connectivity index (χ4v) is 1.93. The number of carbonyl (C=O) groups excluding carboxylic acids is 1. The summed E-state index contributed by atoms with van der Waals surface area (Å²) in [5, 5.41) is 9.45. The van der Waals surface area contributed by atoms with Crippen molar-refractivity contribution in [3.05, 3.63) is 65.7 Å². The molecule has 0 aliphatic carbocycles. The van der Waals surface area contributed by atoms with Crippen LogP contribution >= 0.6 is 0 Å². The second-order valence-electron chi connectivity index (χ2n) is 4.21. The first kappa shape index (κ1) is 13.0. The molecular weight excluding hydrogens is 242 g/mol. The molecule has 0 saturated carbocycles. The van der Waals surface area contributed by atoms with E-state index in [0.717, 1.165) is 11.1 Å². The van der Waals surface area contributed by atoms with E-state index in [9.17, 15) is 9.90 Å². The first-order valence-electron chi connectivity index (χ1n) is 5.94. The van der Waals surface area contributed by atoms with E-state index >= 15 is 0 Å². The van der Waals surface area contributed by atoms with Crippen LogP contribution in [-0.4, -0.2) is 11.2 Å². The number of carbonyl (C=O) groups is 1. The molecule has 0 bridgehead atoms. The molecule has 0 radical (unpaired) electrons. The molecule has 0 fully saturated rings. The van der Waals surface area contributed by atoms with Crippen molar-refractivity contribution in [2.75, 3.05) is 0 Å². The van der Waals surface area contributed by atoms with Crippen molar-refractivity contribution < 1.29 is 14.6 Å². The maximum Gasteiger partial charge on any atom is 0.405 e. The molecule has 0 heterocycles. The zero-order valence-corrected chi connectivity index (χ0v) is 10.3. The number of rotatable bonds is 4. The summed E-state index contributed by atoms with van der Waals surface area (Å²) in [6.45, 7) is 0. The molecule has 2 rings (SSSR count). The van der Waals surface area contributed by atoms with Gasteiger partial charge in [-0.05, 0) is 23.3 Å². The Morgan fingerprint density at radius 3 is 2.53 bits per heavy atom. The van der Waals surface area contributed by atoms with E-state index in [1.165, 1.54) is 0 Å². The Kier molecular flexibility index (Phi) is 4.03. The van der Waals surface area contributed by atoms with Gasteiger partial charge in [0.05, 0.1) is 0 Å². The molecule has 4 nitrogen and oxygen atoms in total. The van der Waals surface area contributed by atoms with Gasteiger partial charge in [-0.1, -0.05) is 42.5 Å². The zero-order chi connectivity index (χ0) is 13.7. The van der Waals surface area contributed by atoms with Crippen LogP contribution in [0.5, 0.6) is 5.75 Å². The van der Waals surface area contributed by atoms with Crippen molar-refractivity contribution in [2.45, 2.75) is 12.5 Å². The average Bonchev–Trinajstić information content (AvgIpc) is 2.38. The SMILES string of the molecule is NC(=O)OC(Cc1cccc(O)c1)c1ccccc1. The van der Waals surface area contributed by atoms with Crippen molar-refractivity contribution in [3.63, 3.8) is 0 Å². The summed E-state index contributed by atoms with van der Waals surface area (Å²) in [5.74, 6) is 0.184. The van der Waals surface area contributed by atoms with Crippen LogP contribution in [-0.2, 0) is 11.2 Å². The first-order chi connectivity index (χ1) is 9.15. The van der Waals surface area contributed by atoms with Gasteiger partial charge in [0.25, 0.3) is 0 Å². The van der Waals surface area contributed by atoms with E-state index in [-0.39, 0.29) is 5.75 Å². The summed E-state index contributed by atoms with van der Waals surface area (Å²) in [5.41, 5.74) is 6.84. The molecule has 0 saturated heterocycles. The Labute approximate surface area is 111 Å². The summed E-state index contributed by atoms with van der Waals surface area (Å²) in [4.78, 5) is 11.0. The number of primary amides is 1. The highest BCUT2D eigenvalue weighted by Gasteiger charge is 2.15. The Bertz CT molecular complexity index is 554. The third kappa shape index (κ3) is 3.74. The Hall–Kier alpha value is -2.49. The molecule has 3 N–H and O–H groups in total. The van der Waals surface area contributed by atoms with Crippen molar-refractivity contribution in [3.8, 4) is 5.75 Å². The predicted octanol–water partition coefficient (Wildman–Crippen LogP) is 2.77. The van der Waals surface area contributed by atoms with Gasteiger partial charge in [0.2, 0.25) is 0 Å². The molecule has 2 aromatic carbocycles. The van der Waals surface area contributed by atoms with Crippen LogP contribution < -0.4 is 5.73 Å². The third-order valence-electron chi connectivity index (χ3n) is 2.76. The monoisotopic (exact) mass is 257 g/mol. The quantitative estimate of drug-likeness (QED) is 0.884. The van der Waals surface area contributed by atoms with Gasteiger partial charge in [-0.3, -0.25) is 0 Å². The van der Waals surface area contributed by atoms with E-state index in [2.05, 4.69) is 0 Å². The highest BCUT2D eigenvalue weighted by atomic mass is 16.6. The highest BCUT2D eigenvalue weighted by Crippen LogP contribution is 2.23. The number of aromatic hydroxyl groups is 1. The topological polar surface area (TPSA) is 72.6 Å². The molecule has 1 amide bonds. The van der Waals surface area contributed by atoms with E-state index in [1.54, 1.807) is 18.2 Å². The zero-order valence-electron chi connectivity index (χ0n) is 10.3. The number of phenolic OH excluding ortho intramolecular Hbond substituents is 1. The fourth-order valence-electron chi connectivity index (χ4n) is 1.93. The van der Waals surface area contributed by atoms with Gasteiger partial charge in [0.1, 0.15) is 11.9 Å². The Balaban J connectivity index is 2.21. The number of amides is 1. The van der Waals surface area contributed by atoms with Gasteiger partial charge in [0, 0.05) is 6.42 Å². The second-order valence-corrected chi connectivity index (χ2v) is 4.21. The number of nitrogens with two attached hydrogens (primary N) is 1. The number of phenols is 1. The fraction of sp³-hybridized carbons (Fsp3) is 0.133. The first-order valence-corrected chi connectivity index (χ1v) is 5.94. The molecule has 1 unspecified atom stereocenters. The molecule has 0 aliphatic rings. The van der Waals surface area contributed by atoms with Crippen LogP contribution in [0.3, 0.4) is 0 Å². The van der Waals surface area contributed by atoms with Crippen molar-refractivity contribution >= 4 is 6.09 Å². The molecular formula is C15H15NO3. The number of hydrogen-bond acceptors (Lipinski definition) is 3. The van der Waals surface area contributed by atoms with Crippen LogP contribution in [0.4, 0.5) is 4.79 Å². The maximum atomic E-state index is 11.0. The summed E-state index contributed by atoms with van der Waals surface area (Å²) >= 11 is 0. The van der Waals surface area contributed by atoms with Crippen molar-refractivity contribution in [2.24, 2.45) is 5.73 Å². The van der Waals surface area contributed by atoms with Gasteiger partial charge < -0.3 is 15.6 Å². The van der Waals surface area contributed by atoms with Crippen molar-refractivity contribution in [1.29, 1.82) is 0 Å². The van der Waals surface area contributed by atoms with Gasteiger partial charge in [0.15, 0.2) is 0 Å². The lowest BCUT2D eigenvalue weighted by Crippen LogP contribution is -2.18. The standard InChI is InChI=1S/C15H15NO3/c16-15(18)19-14(12-6-2-1-3-7-12)10-11-5-4-8-13(17)9-11/h1-9,14,17H,10H2,(H2,16,18). The van der Waals surface area contributed by atoms with Crippen LogP contribution in [0, 0.1) is 0 Å². The lowest BCUT2D eigenvalue weighted by molar-refractivity contribution is 0.106. The normalized spacial score (nSPS) is 11.8. The van der Waals surface area contributed by atoms with Crippen LogP contribution in [0.1, 0.15) is 17.2 Å². The second kappa shape index (κ2) is 5.91. The third-order valence-corrected chi connectivity index (χ3v) is 2.76.